The topological polar surface area (TPSA) is 92.6 Å². The van der Waals surface area contributed by atoms with Gasteiger partial charge < -0.3 is 20.7 Å². The van der Waals surface area contributed by atoms with Gasteiger partial charge in [-0.25, -0.2) is 9.78 Å². The van der Waals surface area contributed by atoms with Crippen LogP contribution in [-0.4, -0.2) is 58.9 Å². The van der Waals surface area contributed by atoms with Crippen molar-refractivity contribution in [1.82, 2.24) is 9.88 Å². The summed E-state index contributed by atoms with van der Waals surface area (Å²) in [5.41, 5.74) is 2.96. The van der Waals surface area contributed by atoms with Crippen molar-refractivity contribution < 1.29 is 9.90 Å². The monoisotopic (exact) mass is 421 g/mol. The van der Waals surface area contributed by atoms with Gasteiger partial charge in [0, 0.05) is 49.5 Å². The Morgan fingerprint density at radius 3 is 2.39 bits per heavy atom. The van der Waals surface area contributed by atoms with Crippen molar-refractivity contribution in [3.63, 3.8) is 0 Å². The first-order chi connectivity index (χ1) is 14.9. The normalized spacial score (nSPS) is 17.5. The number of rotatable bonds is 7. The first-order valence-corrected chi connectivity index (χ1v) is 11.1. The summed E-state index contributed by atoms with van der Waals surface area (Å²) < 4.78 is 0. The summed E-state index contributed by atoms with van der Waals surface area (Å²) in [5.74, 6) is -0.381. The highest BCUT2D eigenvalue weighted by Crippen LogP contribution is 2.37. The largest absolute Gasteiger partial charge is 0.477 e. The van der Waals surface area contributed by atoms with Crippen LogP contribution in [0.2, 0.25) is 0 Å². The molecule has 1 aliphatic carbocycles. The number of aromatic carboxylic acids is 1. The molecule has 2 aliphatic rings. The Morgan fingerprint density at radius 1 is 1.16 bits per heavy atom. The number of carboxylic acids is 1. The molecule has 0 unspecified atom stereocenters. The number of piperazine rings is 1. The third-order valence-electron chi connectivity index (χ3n) is 6.42. The number of aromatic nitrogens is 1. The van der Waals surface area contributed by atoms with E-state index in [1.54, 1.807) is 6.07 Å². The summed E-state index contributed by atoms with van der Waals surface area (Å²) >= 11 is 0. The molecule has 2 fully saturated rings. The summed E-state index contributed by atoms with van der Waals surface area (Å²) in [4.78, 5) is 21.0. The van der Waals surface area contributed by atoms with Crippen LogP contribution in [0.15, 0.2) is 36.4 Å². The molecule has 3 N–H and O–H groups in total. The number of nitrogens with zero attached hydrogens (tertiary/aromatic N) is 3. The molecule has 1 aromatic heterocycles. The summed E-state index contributed by atoms with van der Waals surface area (Å²) in [6.07, 6.45) is 3.15. The molecule has 0 atom stereocenters. The summed E-state index contributed by atoms with van der Waals surface area (Å²) in [5, 5.41) is 22.0. The SMILES string of the molecule is CC(C)N1CCN(c2cc(C(=O)O)nc(Nc3ccccc3)c2C(=N)C2CCC2)CC1. The zero-order valence-corrected chi connectivity index (χ0v) is 18.3. The molecular weight excluding hydrogens is 390 g/mol. The molecule has 2 aromatic rings. The predicted molar refractivity (Wildman–Crippen MR) is 124 cm³/mol. The zero-order valence-electron chi connectivity index (χ0n) is 18.3. The van der Waals surface area contributed by atoms with Crippen molar-refractivity contribution in [2.45, 2.75) is 39.2 Å². The molecule has 7 nitrogen and oxygen atoms in total. The molecule has 164 valence electrons. The standard InChI is InChI=1S/C24H31N5O2/c1-16(2)28-11-13-29(14-12-28)20-15-19(24(30)31)27-23(26-18-9-4-3-5-10-18)21(20)22(25)17-7-6-8-17/h3-5,9-10,15-17,25H,6-8,11-14H2,1-2H3,(H,26,27)(H,30,31). The number of hydrogen-bond donors (Lipinski definition) is 3. The Bertz CT molecular complexity index is 948. The minimum Gasteiger partial charge on any atom is -0.477 e. The quantitative estimate of drug-likeness (QED) is 0.580. The van der Waals surface area contributed by atoms with Crippen LogP contribution < -0.4 is 10.2 Å². The summed E-state index contributed by atoms with van der Waals surface area (Å²) in [7, 11) is 0. The number of benzene rings is 1. The Balaban J connectivity index is 1.77. The number of anilines is 3. The van der Waals surface area contributed by atoms with E-state index in [1.165, 1.54) is 0 Å². The molecule has 1 aromatic carbocycles. The average molecular weight is 422 g/mol. The third kappa shape index (κ3) is 4.56. The van der Waals surface area contributed by atoms with E-state index in [4.69, 9.17) is 5.41 Å². The van der Waals surface area contributed by atoms with Gasteiger partial charge in [-0.15, -0.1) is 0 Å². The molecule has 1 saturated heterocycles. The van der Waals surface area contributed by atoms with E-state index in [0.29, 0.717) is 17.6 Å². The molecule has 31 heavy (non-hydrogen) atoms. The Kier molecular flexibility index (Phi) is 6.23. The Morgan fingerprint density at radius 2 is 1.84 bits per heavy atom. The number of carboxylic acid groups (broad SMARTS) is 1. The number of hydrogen-bond acceptors (Lipinski definition) is 6. The van der Waals surface area contributed by atoms with Gasteiger partial charge in [0.2, 0.25) is 0 Å². The Labute approximate surface area is 183 Å². The van der Waals surface area contributed by atoms with Crippen LogP contribution in [0, 0.1) is 11.3 Å². The van der Waals surface area contributed by atoms with Crippen molar-refractivity contribution >= 4 is 28.9 Å². The van der Waals surface area contributed by atoms with Gasteiger partial charge in [-0.05, 0) is 44.9 Å². The molecule has 0 amide bonds. The van der Waals surface area contributed by atoms with Gasteiger partial charge in [0.05, 0.1) is 11.3 Å². The summed E-state index contributed by atoms with van der Waals surface area (Å²) in [6, 6.07) is 11.8. The molecule has 1 aliphatic heterocycles. The zero-order chi connectivity index (χ0) is 22.0. The highest BCUT2D eigenvalue weighted by Gasteiger charge is 2.31. The van der Waals surface area contributed by atoms with E-state index in [9.17, 15) is 9.90 Å². The predicted octanol–water partition coefficient (Wildman–Crippen LogP) is 4.22. The lowest BCUT2D eigenvalue weighted by molar-refractivity contribution is 0.0690. The van der Waals surface area contributed by atoms with Crippen LogP contribution in [0.4, 0.5) is 17.2 Å². The fourth-order valence-electron chi connectivity index (χ4n) is 4.29. The molecule has 7 heteroatoms. The number of pyridine rings is 1. The van der Waals surface area contributed by atoms with Crippen LogP contribution in [-0.2, 0) is 0 Å². The van der Waals surface area contributed by atoms with E-state index in [-0.39, 0.29) is 11.6 Å². The van der Waals surface area contributed by atoms with Crippen molar-refractivity contribution in [3.05, 3.63) is 47.7 Å². The lowest BCUT2D eigenvalue weighted by Gasteiger charge is -2.39. The minimum atomic E-state index is -1.06. The second-order valence-electron chi connectivity index (χ2n) is 8.70. The molecule has 4 rings (SSSR count). The highest BCUT2D eigenvalue weighted by molar-refractivity contribution is 6.10. The van der Waals surface area contributed by atoms with E-state index in [2.05, 4.69) is 33.9 Å². The van der Waals surface area contributed by atoms with Crippen LogP contribution >= 0.6 is 0 Å². The molecule has 0 bridgehead atoms. The fourth-order valence-corrected chi connectivity index (χ4v) is 4.29. The van der Waals surface area contributed by atoms with Gasteiger partial charge in [-0.3, -0.25) is 4.90 Å². The second-order valence-corrected chi connectivity index (χ2v) is 8.70. The van der Waals surface area contributed by atoms with Crippen molar-refractivity contribution in [2.24, 2.45) is 5.92 Å². The first-order valence-electron chi connectivity index (χ1n) is 11.1. The minimum absolute atomic E-state index is 0.00452. The molecular formula is C24H31N5O2. The smallest absolute Gasteiger partial charge is 0.354 e. The van der Waals surface area contributed by atoms with Gasteiger partial charge >= 0.3 is 5.97 Å². The second kappa shape index (κ2) is 9.06. The van der Waals surface area contributed by atoms with E-state index < -0.39 is 5.97 Å². The maximum Gasteiger partial charge on any atom is 0.354 e. The van der Waals surface area contributed by atoms with Gasteiger partial charge in [0.15, 0.2) is 5.69 Å². The van der Waals surface area contributed by atoms with Gasteiger partial charge in [-0.2, -0.15) is 0 Å². The van der Waals surface area contributed by atoms with Crippen LogP contribution in [0.3, 0.4) is 0 Å². The van der Waals surface area contributed by atoms with E-state index >= 15 is 0 Å². The van der Waals surface area contributed by atoms with Crippen LogP contribution in [0.1, 0.15) is 49.2 Å². The van der Waals surface area contributed by atoms with Crippen molar-refractivity contribution in [3.8, 4) is 0 Å². The maximum absolute atomic E-state index is 11.9. The maximum atomic E-state index is 11.9. The van der Waals surface area contributed by atoms with Gasteiger partial charge in [-0.1, -0.05) is 24.6 Å². The first kappa shape index (κ1) is 21.3. The number of para-hydroxylation sites is 1. The molecule has 0 spiro atoms. The third-order valence-corrected chi connectivity index (χ3v) is 6.42. The fraction of sp³-hybridized carbons (Fsp3) is 0.458. The lowest BCUT2D eigenvalue weighted by Crippen LogP contribution is -2.49. The molecule has 1 saturated carbocycles. The van der Waals surface area contributed by atoms with Crippen molar-refractivity contribution in [1.29, 1.82) is 5.41 Å². The number of carbonyl (C=O) groups is 1. The lowest BCUT2D eigenvalue weighted by atomic mass is 9.79. The number of nitrogens with one attached hydrogen (secondary N) is 2. The van der Waals surface area contributed by atoms with E-state index in [0.717, 1.165) is 62.4 Å². The van der Waals surface area contributed by atoms with E-state index in [1.807, 2.05) is 30.3 Å². The van der Waals surface area contributed by atoms with Crippen LogP contribution in [0.5, 0.6) is 0 Å². The van der Waals surface area contributed by atoms with Gasteiger partial charge in [0.1, 0.15) is 5.82 Å². The average Bonchev–Trinajstić information content (AvgIpc) is 2.72. The van der Waals surface area contributed by atoms with Gasteiger partial charge in [0.25, 0.3) is 0 Å². The Hall–Kier alpha value is -2.93. The van der Waals surface area contributed by atoms with Crippen molar-refractivity contribution in [2.75, 3.05) is 36.4 Å². The molecule has 2 heterocycles. The summed E-state index contributed by atoms with van der Waals surface area (Å²) in [6.45, 7) is 7.84. The van der Waals surface area contributed by atoms with Crippen LogP contribution in [0.25, 0.3) is 0 Å². The molecule has 0 radical (unpaired) electrons. The highest BCUT2D eigenvalue weighted by atomic mass is 16.4.